The highest BCUT2D eigenvalue weighted by atomic mass is 16.2. The maximum absolute atomic E-state index is 12.5. The van der Waals surface area contributed by atoms with Crippen LogP contribution in [0.5, 0.6) is 0 Å². The Morgan fingerprint density at radius 3 is 2.52 bits per heavy atom. The molecule has 2 aromatic heterocycles. The highest BCUT2D eigenvalue weighted by Crippen LogP contribution is 2.27. The molecular weight excluding hydrogens is 310 g/mol. The molecule has 4 nitrogen and oxygen atoms in total. The lowest BCUT2D eigenvalue weighted by Crippen LogP contribution is -2.34. The molecular formula is C21H21N3O. The first-order chi connectivity index (χ1) is 12.3. The van der Waals surface area contributed by atoms with E-state index in [1.165, 1.54) is 6.42 Å². The Kier molecular flexibility index (Phi) is 4.34. The lowest BCUT2D eigenvalue weighted by atomic mass is 10.1. The quantitative estimate of drug-likeness (QED) is 0.680. The summed E-state index contributed by atoms with van der Waals surface area (Å²) in [7, 11) is 0. The lowest BCUT2D eigenvalue weighted by molar-refractivity contribution is -0.126. The average molecular weight is 331 g/mol. The highest BCUT2D eigenvalue weighted by molar-refractivity contribution is 5.95. The molecule has 1 aromatic carbocycles. The molecule has 0 spiro atoms. The summed E-state index contributed by atoms with van der Waals surface area (Å²) >= 11 is 0. The van der Waals surface area contributed by atoms with Crippen LogP contribution in [0.4, 0.5) is 0 Å². The summed E-state index contributed by atoms with van der Waals surface area (Å²) in [6, 6.07) is 16.1. The van der Waals surface area contributed by atoms with E-state index in [2.05, 4.69) is 0 Å². The Labute approximate surface area is 147 Å². The Morgan fingerprint density at radius 1 is 0.960 bits per heavy atom. The molecule has 25 heavy (non-hydrogen) atoms. The predicted octanol–water partition coefficient (Wildman–Crippen LogP) is 4.03. The molecule has 4 rings (SSSR count). The predicted molar refractivity (Wildman–Crippen MR) is 100 cm³/mol. The summed E-state index contributed by atoms with van der Waals surface area (Å²) in [6.45, 7) is 1.73. The van der Waals surface area contributed by atoms with Crippen molar-refractivity contribution in [3.63, 3.8) is 0 Å². The van der Waals surface area contributed by atoms with Gasteiger partial charge in [0.25, 0.3) is 0 Å². The molecule has 0 unspecified atom stereocenters. The molecule has 1 saturated heterocycles. The monoisotopic (exact) mass is 331 g/mol. The maximum Gasteiger partial charge on any atom is 0.246 e. The molecule has 1 aliphatic heterocycles. The zero-order chi connectivity index (χ0) is 17.1. The van der Waals surface area contributed by atoms with Crippen molar-refractivity contribution >= 4 is 17.5 Å². The fourth-order valence-electron chi connectivity index (χ4n) is 3.37. The minimum absolute atomic E-state index is 0.0917. The van der Waals surface area contributed by atoms with Crippen molar-refractivity contribution in [3.8, 4) is 11.3 Å². The number of aromatic nitrogens is 2. The molecule has 0 saturated carbocycles. The summed E-state index contributed by atoms with van der Waals surface area (Å²) in [4.78, 5) is 14.4. The Bertz CT molecular complexity index is 905. The van der Waals surface area contributed by atoms with Crippen LogP contribution in [0.2, 0.25) is 0 Å². The molecule has 0 radical (unpaired) electrons. The number of carbonyl (C=O) groups excluding carboxylic acids is 1. The fourth-order valence-corrected chi connectivity index (χ4v) is 3.37. The van der Waals surface area contributed by atoms with Gasteiger partial charge in [0, 0.05) is 36.5 Å². The van der Waals surface area contributed by atoms with E-state index >= 15 is 0 Å². The summed E-state index contributed by atoms with van der Waals surface area (Å²) in [5.41, 5.74) is 3.94. The summed E-state index contributed by atoms with van der Waals surface area (Å²) in [6.07, 6.45) is 8.98. The van der Waals surface area contributed by atoms with Crippen molar-refractivity contribution in [2.75, 3.05) is 13.1 Å². The van der Waals surface area contributed by atoms with Gasteiger partial charge >= 0.3 is 0 Å². The number of carbonyl (C=O) groups is 1. The minimum Gasteiger partial charge on any atom is -0.339 e. The minimum atomic E-state index is 0.0917. The third-order valence-electron chi connectivity index (χ3n) is 4.69. The van der Waals surface area contributed by atoms with Crippen molar-refractivity contribution in [2.45, 2.75) is 19.3 Å². The van der Waals surface area contributed by atoms with E-state index in [-0.39, 0.29) is 5.91 Å². The van der Waals surface area contributed by atoms with Crippen LogP contribution in [-0.4, -0.2) is 33.5 Å². The zero-order valence-electron chi connectivity index (χ0n) is 14.1. The van der Waals surface area contributed by atoms with Gasteiger partial charge in [-0.05, 0) is 37.5 Å². The van der Waals surface area contributed by atoms with Crippen molar-refractivity contribution in [2.24, 2.45) is 0 Å². The third kappa shape index (κ3) is 3.20. The molecule has 1 aliphatic rings. The number of hydrogen-bond acceptors (Lipinski definition) is 2. The van der Waals surface area contributed by atoms with Gasteiger partial charge in [0.1, 0.15) is 5.69 Å². The van der Waals surface area contributed by atoms with Gasteiger partial charge in [0.2, 0.25) is 5.91 Å². The summed E-state index contributed by atoms with van der Waals surface area (Å²) < 4.78 is 1.87. The van der Waals surface area contributed by atoms with Crippen LogP contribution >= 0.6 is 0 Å². The van der Waals surface area contributed by atoms with E-state index in [0.29, 0.717) is 0 Å². The maximum atomic E-state index is 12.5. The number of piperidine rings is 1. The second-order valence-electron chi connectivity index (χ2n) is 6.38. The van der Waals surface area contributed by atoms with Crippen LogP contribution < -0.4 is 0 Å². The molecule has 4 heteroatoms. The van der Waals surface area contributed by atoms with Gasteiger partial charge in [0.05, 0.1) is 5.52 Å². The van der Waals surface area contributed by atoms with E-state index in [0.717, 1.165) is 48.3 Å². The number of fused-ring (bicyclic) bond motifs is 1. The fraction of sp³-hybridized carbons (Fsp3) is 0.238. The van der Waals surface area contributed by atoms with Gasteiger partial charge in [0.15, 0.2) is 0 Å². The second kappa shape index (κ2) is 6.93. The number of amides is 1. The molecule has 0 aliphatic carbocycles. The Hall–Kier alpha value is -2.88. The van der Waals surface area contributed by atoms with E-state index in [1.807, 2.05) is 70.2 Å². The normalized spacial score (nSPS) is 15.1. The smallest absolute Gasteiger partial charge is 0.246 e. The molecule has 0 bridgehead atoms. The third-order valence-corrected chi connectivity index (χ3v) is 4.69. The highest BCUT2D eigenvalue weighted by Gasteiger charge is 2.16. The summed E-state index contributed by atoms with van der Waals surface area (Å²) in [5, 5.41) is 4.71. The van der Waals surface area contributed by atoms with Gasteiger partial charge in [-0.15, -0.1) is 0 Å². The first-order valence-corrected chi connectivity index (χ1v) is 8.83. The zero-order valence-corrected chi connectivity index (χ0v) is 14.1. The number of likely N-dealkylation sites (tertiary alicyclic amines) is 1. The van der Waals surface area contributed by atoms with Crippen LogP contribution in [0.15, 0.2) is 60.8 Å². The van der Waals surface area contributed by atoms with Gasteiger partial charge in [-0.2, -0.15) is 5.10 Å². The molecule has 0 atom stereocenters. The van der Waals surface area contributed by atoms with E-state index < -0.39 is 0 Å². The Morgan fingerprint density at radius 2 is 1.72 bits per heavy atom. The standard InChI is InChI=1S/C21H21N3O/c25-20(23-14-6-2-7-15-23)13-12-18-19-11-5-8-16-24(19)22-21(18)17-9-3-1-4-10-17/h1,3-5,8-13,16H,2,6-7,14-15H2. The molecule has 3 heterocycles. The molecule has 126 valence electrons. The van der Waals surface area contributed by atoms with Gasteiger partial charge in [-0.3, -0.25) is 4.79 Å². The van der Waals surface area contributed by atoms with Gasteiger partial charge < -0.3 is 4.90 Å². The van der Waals surface area contributed by atoms with E-state index in [1.54, 1.807) is 6.08 Å². The van der Waals surface area contributed by atoms with E-state index in [9.17, 15) is 4.79 Å². The van der Waals surface area contributed by atoms with E-state index in [4.69, 9.17) is 5.10 Å². The number of benzene rings is 1. The van der Waals surface area contributed by atoms with Crippen LogP contribution in [0.25, 0.3) is 22.9 Å². The molecule has 3 aromatic rings. The molecule has 1 fully saturated rings. The van der Waals surface area contributed by atoms with Crippen molar-refractivity contribution in [3.05, 3.63) is 66.4 Å². The SMILES string of the molecule is O=C(C=Cc1c(-c2ccccc2)nn2ccccc12)N1CCCCC1. The topological polar surface area (TPSA) is 37.6 Å². The molecule has 0 N–H and O–H groups in total. The first kappa shape index (κ1) is 15.6. The summed E-state index contributed by atoms with van der Waals surface area (Å²) in [5.74, 6) is 0.0917. The number of hydrogen-bond donors (Lipinski definition) is 0. The molecule has 1 amide bonds. The largest absolute Gasteiger partial charge is 0.339 e. The van der Waals surface area contributed by atoms with Crippen LogP contribution in [0.1, 0.15) is 24.8 Å². The van der Waals surface area contributed by atoms with Gasteiger partial charge in [-0.1, -0.05) is 36.4 Å². The van der Waals surface area contributed by atoms with Gasteiger partial charge in [-0.25, -0.2) is 4.52 Å². The van der Waals surface area contributed by atoms with Crippen LogP contribution in [0.3, 0.4) is 0 Å². The number of nitrogens with zero attached hydrogens (tertiary/aromatic N) is 3. The second-order valence-corrected chi connectivity index (χ2v) is 6.38. The average Bonchev–Trinajstić information content (AvgIpc) is 3.06. The number of rotatable bonds is 3. The Balaban J connectivity index is 1.72. The van der Waals surface area contributed by atoms with Crippen molar-refractivity contribution in [1.82, 2.24) is 14.5 Å². The first-order valence-electron chi connectivity index (χ1n) is 8.83. The van der Waals surface area contributed by atoms with Crippen molar-refractivity contribution in [1.29, 1.82) is 0 Å². The number of pyridine rings is 1. The lowest BCUT2D eigenvalue weighted by Gasteiger charge is -2.25. The van der Waals surface area contributed by atoms with Crippen molar-refractivity contribution < 1.29 is 4.79 Å². The van der Waals surface area contributed by atoms with Crippen LogP contribution in [0, 0.1) is 0 Å². The van der Waals surface area contributed by atoms with Crippen LogP contribution in [-0.2, 0) is 4.79 Å².